The summed E-state index contributed by atoms with van der Waals surface area (Å²) in [5, 5.41) is 20.3. The highest BCUT2D eigenvalue weighted by Gasteiger charge is 2.39. The first-order chi connectivity index (χ1) is 31.4. The van der Waals surface area contributed by atoms with Crippen LogP contribution in [-0.4, -0.2) is 98.5 Å². The minimum atomic E-state index is -1.23. The molecule has 1 aliphatic heterocycles. The van der Waals surface area contributed by atoms with E-state index in [9.17, 15) is 0 Å². The number of rotatable bonds is 10. The first-order valence-electron chi connectivity index (χ1n) is 21.7. The Balaban J connectivity index is 0.00000324. The van der Waals surface area contributed by atoms with Gasteiger partial charge in [0.25, 0.3) is 0 Å². The fraction of sp³-hybridized carbons (Fsp3) is 0.216. The minimum Gasteiger partial charge on any atom is -1.00 e. The molecule has 0 aromatic heterocycles. The molecule has 6 aromatic carbocycles. The maximum atomic E-state index is 7.58. The van der Waals surface area contributed by atoms with Crippen molar-refractivity contribution < 1.29 is 119 Å². The Labute approximate surface area is 484 Å². The Morgan fingerprint density at radius 3 is 0.886 bits per heavy atom. The fourth-order valence-electron chi connectivity index (χ4n) is 7.63. The summed E-state index contributed by atoms with van der Waals surface area (Å²) >= 11 is 0. The van der Waals surface area contributed by atoms with Gasteiger partial charge in [-0.2, -0.15) is 0 Å². The molecule has 0 bridgehead atoms. The van der Waals surface area contributed by atoms with Crippen LogP contribution in [0.4, 0.5) is 22.7 Å². The van der Waals surface area contributed by atoms with Crippen LogP contribution in [0.3, 0.4) is 0 Å². The van der Waals surface area contributed by atoms with E-state index in [1.165, 1.54) is 0 Å². The molecule has 0 fully saturated rings. The number of hydrogen-bond donors (Lipinski definition) is 8. The molecule has 19 heteroatoms. The summed E-state index contributed by atoms with van der Waals surface area (Å²) in [5.41, 5.74) is 31.0. The zero-order valence-electron chi connectivity index (χ0n) is 41.1. The molecule has 0 amide bonds. The number of guanidine groups is 4. The van der Waals surface area contributed by atoms with Crippen molar-refractivity contribution in [3.8, 4) is 11.5 Å². The molecule has 372 valence electrons. The van der Waals surface area contributed by atoms with E-state index in [-0.39, 0.29) is 95.9 Å². The lowest BCUT2D eigenvalue weighted by atomic mass is 9.76. The summed E-state index contributed by atoms with van der Waals surface area (Å²) in [4.78, 5) is 0. The van der Waals surface area contributed by atoms with E-state index in [0.717, 1.165) is 77.2 Å². The van der Waals surface area contributed by atoms with Crippen molar-refractivity contribution in [2.45, 2.75) is 19.3 Å². The monoisotopic (exact) mass is 1430 g/mol. The second-order valence-electron chi connectivity index (χ2n) is 17.5. The first-order valence-corrected chi connectivity index (χ1v) is 24.3. The molecule has 12 N–H and O–H groups in total. The average molecular weight is 1430 g/mol. The van der Waals surface area contributed by atoms with Gasteiger partial charge in [-0.05, 0) is 85.6 Å². The van der Waals surface area contributed by atoms with E-state index in [0.29, 0.717) is 23.8 Å². The number of nitrogens with one attached hydrogen (secondary N) is 4. The van der Waals surface area contributed by atoms with Gasteiger partial charge < -0.3 is 101 Å². The van der Waals surface area contributed by atoms with E-state index < -0.39 is 21.3 Å². The molecular formula is C51H64I4N12OP2. The second kappa shape index (κ2) is 26.1. The lowest BCUT2D eigenvalue weighted by Crippen LogP contribution is -3.00. The van der Waals surface area contributed by atoms with E-state index in [2.05, 4.69) is 144 Å². The van der Waals surface area contributed by atoms with Crippen molar-refractivity contribution in [3.63, 3.8) is 0 Å². The highest BCUT2D eigenvalue weighted by molar-refractivity contribution is 7.80. The summed E-state index contributed by atoms with van der Waals surface area (Å²) < 4.78 is 15.0. The summed E-state index contributed by atoms with van der Waals surface area (Å²) in [5.74, 6) is 3.88. The fourth-order valence-corrected chi connectivity index (χ4v) is 12.6. The molecule has 6 aromatic rings. The normalized spacial score (nSPS) is 11.5. The third-order valence-electron chi connectivity index (χ3n) is 11.5. The Bertz CT molecular complexity index is 2610. The number of nitrogens with two attached hydrogens (primary N) is 4. The van der Waals surface area contributed by atoms with Crippen LogP contribution in [0.25, 0.3) is 0 Å². The van der Waals surface area contributed by atoms with Crippen molar-refractivity contribution in [2.24, 2.45) is 22.9 Å². The van der Waals surface area contributed by atoms with Crippen molar-refractivity contribution in [1.82, 2.24) is 0 Å². The number of hydrogen-bond acceptors (Lipinski definition) is 1. The number of nitrogens with zero attached hydrogens (tertiary/aromatic N) is 4. The van der Waals surface area contributed by atoms with Gasteiger partial charge in [0.1, 0.15) is 11.5 Å². The summed E-state index contributed by atoms with van der Waals surface area (Å²) in [6.07, 6.45) is 0. The number of ether oxygens (including phenoxy) is 1. The standard InChI is InChI=1S/C51H60N12OP2.4HI/c1-51(2)41-25-15-27-43(65(37-21-11-17-33(29-37)56-47(52)60(3)4)38-22-12-18-34(30-38)57-48(53)61(5)6)45(41)64-46-42(51)26-16-28-44(46)66(39-23-13-19-35(31-39)58-49(54)62(7)8)40-24-14-20-36(32-40)59-50(55)63(9)10;;;;/h11-32H,1-10H3,(H8,52,53,54,55,56,57,58,59);4*1H. The maximum absolute atomic E-state index is 7.58. The molecule has 0 spiro atoms. The molecule has 1 heterocycles. The van der Waals surface area contributed by atoms with Crippen LogP contribution in [0.2, 0.25) is 0 Å². The van der Waals surface area contributed by atoms with Crippen LogP contribution in [-0.2, 0) is 5.41 Å². The molecule has 0 unspecified atom stereocenters. The molecule has 13 nitrogen and oxygen atoms in total. The highest BCUT2D eigenvalue weighted by atomic mass is 127. The molecule has 0 saturated heterocycles. The second-order valence-corrected chi connectivity index (χ2v) is 21.9. The smallest absolute Gasteiger partial charge is 0.347 e. The van der Waals surface area contributed by atoms with Gasteiger partial charge in [0.15, 0.2) is 0 Å². The number of benzene rings is 6. The molecule has 1 aliphatic rings. The van der Waals surface area contributed by atoms with E-state index in [1.54, 1.807) is 0 Å². The number of anilines is 4. The van der Waals surface area contributed by atoms with Gasteiger partial charge in [-0.1, -0.05) is 98.8 Å². The lowest BCUT2D eigenvalue weighted by Gasteiger charge is -2.38. The quantitative estimate of drug-likeness (QED) is 0.0218. The maximum Gasteiger partial charge on any atom is 0.347 e. The SMILES string of the molecule is C[N+](C)=C(N)Nc1cccc(P(c2cccc(NC(N)=[N+](C)C)c2)c2cccc3c2Oc2c(P(c4cccc(NC(N)=[N+](C)C)c4)c4cccc(NC(N)=[N+](C)C)c4)cccc2C3(C)C)c1.[I-].[I-].[I-].[I-]. The zero-order valence-corrected chi connectivity index (χ0v) is 51.5. The largest absolute Gasteiger partial charge is 1.00 e. The van der Waals surface area contributed by atoms with Crippen LogP contribution >= 0.6 is 15.8 Å². The van der Waals surface area contributed by atoms with Crippen molar-refractivity contribution in [2.75, 3.05) is 77.6 Å². The summed E-state index contributed by atoms with van der Waals surface area (Å²) in [7, 11) is 12.9. The molecule has 0 saturated carbocycles. The van der Waals surface area contributed by atoms with Crippen molar-refractivity contribution in [1.29, 1.82) is 0 Å². The van der Waals surface area contributed by atoms with Crippen LogP contribution in [0.15, 0.2) is 133 Å². The minimum absolute atomic E-state index is 0. The van der Waals surface area contributed by atoms with Gasteiger partial charge in [0.05, 0.1) is 79.1 Å². The van der Waals surface area contributed by atoms with Crippen molar-refractivity contribution in [3.05, 3.63) is 145 Å². The Morgan fingerprint density at radius 2 is 0.643 bits per heavy atom. The number of para-hydroxylation sites is 2. The Hall–Kier alpha value is -4.02. The van der Waals surface area contributed by atoms with Gasteiger partial charge in [0.2, 0.25) is 0 Å². The van der Waals surface area contributed by atoms with Crippen molar-refractivity contribution >= 4 is 94.3 Å². The van der Waals surface area contributed by atoms with Gasteiger partial charge in [0, 0.05) is 27.2 Å². The third kappa shape index (κ3) is 13.7. The van der Waals surface area contributed by atoms with Gasteiger partial charge in [-0.15, -0.1) is 0 Å². The topological polar surface area (TPSA) is 173 Å². The lowest BCUT2D eigenvalue weighted by molar-refractivity contribution is -0.465. The summed E-state index contributed by atoms with van der Waals surface area (Å²) in [6.45, 7) is 4.60. The van der Waals surface area contributed by atoms with Gasteiger partial charge in [-0.25, -0.2) is 21.3 Å². The molecule has 0 radical (unpaired) electrons. The number of halogens is 4. The Kier molecular flexibility index (Phi) is 22.5. The van der Waals surface area contributed by atoms with Gasteiger partial charge >= 0.3 is 23.8 Å². The molecule has 0 atom stereocenters. The molecule has 70 heavy (non-hydrogen) atoms. The van der Waals surface area contributed by atoms with Crippen LogP contribution in [0.1, 0.15) is 25.0 Å². The van der Waals surface area contributed by atoms with Gasteiger partial charge in [-0.3, -0.25) is 41.2 Å². The Morgan fingerprint density at radius 1 is 0.400 bits per heavy atom. The highest BCUT2D eigenvalue weighted by Crippen LogP contribution is 2.52. The predicted molar refractivity (Wildman–Crippen MR) is 282 cm³/mol. The van der Waals surface area contributed by atoms with Crippen LogP contribution in [0.5, 0.6) is 11.5 Å². The predicted octanol–water partition coefficient (Wildman–Crippen LogP) is -8.35. The first kappa shape index (κ1) is 60.3. The summed E-state index contributed by atoms with van der Waals surface area (Å²) in [6, 6.07) is 47.2. The molecule has 7 rings (SSSR count). The average Bonchev–Trinajstić information content (AvgIpc) is 3.27. The molecular weight excluding hydrogens is 1370 g/mol. The third-order valence-corrected chi connectivity index (χ3v) is 16.3. The van der Waals surface area contributed by atoms with Crippen LogP contribution < -0.4 is 177 Å². The van der Waals surface area contributed by atoms with Crippen LogP contribution in [0, 0.1) is 0 Å². The number of fused-ring (bicyclic) bond motifs is 2. The van der Waals surface area contributed by atoms with E-state index in [1.807, 2.05) is 98.9 Å². The van der Waals surface area contributed by atoms with E-state index in [4.69, 9.17) is 27.7 Å². The molecule has 0 aliphatic carbocycles. The van der Waals surface area contributed by atoms with E-state index >= 15 is 0 Å². The zero-order chi connectivity index (χ0) is 47.4.